The van der Waals surface area contributed by atoms with Gasteiger partial charge in [-0.25, -0.2) is 0 Å². The number of ether oxygens (including phenoxy) is 3. The first kappa shape index (κ1) is 63.4. The van der Waals surface area contributed by atoms with Gasteiger partial charge in [-0.2, -0.15) is 0 Å². The van der Waals surface area contributed by atoms with Crippen molar-refractivity contribution in [1.82, 2.24) is 0 Å². The van der Waals surface area contributed by atoms with Crippen molar-refractivity contribution in [2.24, 2.45) is 0 Å². The molecule has 16 aromatic carbocycles. The number of hydrogen-bond acceptors (Lipinski definition) is 8. The van der Waals surface area contributed by atoms with Crippen LogP contribution in [-0.2, 0) is 14.4 Å². The number of phenolic OH excluding ortho intramolecular Hbond substituents is 2. The van der Waals surface area contributed by atoms with Gasteiger partial charge in [-0.1, -0.05) is 261 Å². The predicted octanol–water partition coefficient (Wildman–Crippen LogP) is 22.8. The number of benzene rings is 16. The first-order valence-corrected chi connectivity index (χ1v) is 32.2. The lowest BCUT2D eigenvalue weighted by molar-refractivity contribution is -0.132. The first-order chi connectivity index (χ1) is 47.2. The van der Waals surface area contributed by atoms with Crippen LogP contribution in [0.15, 0.2) is 291 Å². The predicted molar refractivity (Wildman–Crippen MR) is 399 cm³/mol. The molecule has 97 heavy (non-hydrogen) atoms. The number of phenols is 2. The Hall–Kier alpha value is -12.4. The van der Waals surface area contributed by atoms with Gasteiger partial charge in [0, 0.05) is 48.6 Å². The highest BCUT2D eigenvalue weighted by Crippen LogP contribution is 2.48. The number of esters is 3. The fourth-order valence-corrected chi connectivity index (χ4v) is 13.4. The van der Waals surface area contributed by atoms with Crippen LogP contribution in [-0.4, -0.2) is 28.1 Å². The number of aryl methyl sites for hydroxylation is 3. The maximum absolute atomic E-state index is 11.8. The van der Waals surface area contributed by atoms with Crippen molar-refractivity contribution in [3.05, 3.63) is 308 Å². The normalized spacial score (nSPS) is 11.0. The highest BCUT2D eigenvalue weighted by atomic mass is 16.5. The maximum atomic E-state index is 11.8. The molecule has 0 aromatic heterocycles. The van der Waals surface area contributed by atoms with E-state index in [-0.39, 0.29) is 5.75 Å². The van der Waals surface area contributed by atoms with E-state index in [1.54, 1.807) is 30.3 Å². The van der Waals surface area contributed by atoms with Crippen LogP contribution in [0.1, 0.15) is 37.5 Å². The Morgan fingerprint density at radius 3 is 0.639 bits per heavy atom. The molecule has 0 aliphatic carbocycles. The molecule has 0 amide bonds. The molecule has 0 unspecified atom stereocenters. The van der Waals surface area contributed by atoms with E-state index < -0.39 is 17.9 Å². The molecule has 0 spiro atoms. The topological polar surface area (TPSA) is 119 Å². The summed E-state index contributed by atoms with van der Waals surface area (Å²) < 4.78 is 16.5. The van der Waals surface area contributed by atoms with Crippen LogP contribution < -0.4 is 14.2 Å². The Labute approximate surface area is 562 Å². The van der Waals surface area contributed by atoms with Crippen LogP contribution in [0.3, 0.4) is 0 Å². The second-order valence-corrected chi connectivity index (χ2v) is 24.1. The molecule has 2 N–H and O–H groups in total. The SMILES string of the molecule is CC(=O)Oc1ccc2ccccc2c1-c1c(O)ccc2ccccc12.CC(=O)Oc1ccc2ccccc2c1-c1c(OC(C)=O)ccc2ccccc12.Cc1ccc2ccccc2c1-c1c(C)ccc2ccccc12.Cc1ccc2ccccc2c1-c1c(O)ccc2ccccc12. The van der Waals surface area contributed by atoms with E-state index in [4.69, 9.17) is 14.2 Å². The summed E-state index contributed by atoms with van der Waals surface area (Å²) in [4.78, 5) is 35.1. The molecule has 0 aliphatic heterocycles. The lowest BCUT2D eigenvalue weighted by Crippen LogP contribution is -2.06. The van der Waals surface area contributed by atoms with Gasteiger partial charge in [0.25, 0.3) is 0 Å². The molecular formula is C89H68O8. The van der Waals surface area contributed by atoms with Crippen molar-refractivity contribution >= 4 is 104 Å². The van der Waals surface area contributed by atoms with Gasteiger partial charge in [0.1, 0.15) is 28.7 Å². The van der Waals surface area contributed by atoms with Gasteiger partial charge in [0.05, 0.1) is 0 Å². The van der Waals surface area contributed by atoms with E-state index >= 15 is 0 Å². The lowest BCUT2D eigenvalue weighted by atomic mass is 9.88. The highest BCUT2D eigenvalue weighted by Gasteiger charge is 2.23. The molecule has 16 aromatic rings. The average Bonchev–Trinajstić information content (AvgIpc) is 0.783. The van der Waals surface area contributed by atoms with E-state index in [1.165, 1.54) is 80.9 Å². The maximum Gasteiger partial charge on any atom is 0.308 e. The van der Waals surface area contributed by atoms with Crippen molar-refractivity contribution in [1.29, 1.82) is 0 Å². The molecule has 0 aliphatic rings. The number of fused-ring (bicyclic) bond motifs is 8. The molecule has 0 bridgehead atoms. The van der Waals surface area contributed by atoms with E-state index in [9.17, 15) is 24.6 Å². The molecule has 16 rings (SSSR count). The van der Waals surface area contributed by atoms with Crippen LogP contribution in [0.2, 0.25) is 0 Å². The van der Waals surface area contributed by atoms with Crippen molar-refractivity contribution in [3.8, 4) is 73.3 Å². The second-order valence-electron chi connectivity index (χ2n) is 24.1. The standard InChI is InChI=1S/C24H18O4.C22H16O3.C22H18.C21H16O/c1-15(25)27-21-13-11-17-7-3-5-9-19(17)23(21)24-20-10-6-4-8-18(20)12-14-22(24)28-16(2)26;1-14(23)25-20-13-11-16-7-3-5-9-18(16)22(20)21-17-8-4-2-6-15(17)10-12-19(21)24;1-15-11-13-17-7-3-5-9-19(17)21(15)22-16(2)12-14-18-8-4-6-10-20(18)22;1-14-10-11-15-6-2-4-8-17(15)20(14)21-18-9-5-3-7-16(18)12-13-19(21)22/h3-14H,1-2H3;2-13,24H,1H3;3-14H,1-2H3;2-13,22H,1H3. The highest BCUT2D eigenvalue weighted by molar-refractivity contribution is 6.13. The molecule has 8 heteroatoms. The summed E-state index contributed by atoms with van der Waals surface area (Å²) in [6.07, 6.45) is 0. The third kappa shape index (κ3) is 12.9. The largest absolute Gasteiger partial charge is 0.507 e. The first-order valence-electron chi connectivity index (χ1n) is 32.2. The lowest BCUT2D eigenvalue weighted by Gasteiger charge is -2.18. The van der Waals surface area contributed by atoms with E-state index in [1.807, 2.05) is 152 Å². The van der Waals surface area contributed by atoms with Gasteiger partial charge in [-0.15, -0.1) is 0 Å². The fourth-order valence-electron chi connectivity index (χ4n) is 13.4. The van der Waals surface area contributed by atoms with Crippen molar-refractivity contribution in [2.75, 3.05) is 0 Å². The second kappa shape index (κ2) is 27.7. The van der Waals surface area contributed by atoms with Crippen LogP contribution in [0.5, 0.6) is 28.7 Å². The zero-order valence-electron chi connectivity index (χ0n) is 54.6. The Bertz CT molecular complexity index is 5320. The van der Waals surface area contributed by atoms with Crippen LogP contribution in [0, 0.1) is 20.8 Å². The summed E-state index contributed by atoms with van der Waals surface area (Å²) in [5, 5.41) is 38.7. The third-order valence-electron chi connectivity index (χ3n) is 17.7. The van der Waals surface area contributed by atoms with Gasteiger partial charge in [0.2, 0.25) is 0 Å². The molecule has 0 saturated heterocycles. The molecule has 8 nitrogen and oxygen atoms in total. The van der Waals surface area contributed by atoms with Gasteiger partial charge in [-0.3, -0.25) is 14.4 Å². The summed E-state index contributed by atoms with van der Waals surface area (Å²) in [6, 6.07) is 96.8. The van der Waals surface area contributed by atoms with Crippen molar-refractivity contribution in [2.45, 2.75) is 41.5 Å². The molecule has 472 valence electrons. The zero-order chi connectivity index (χ0) is 67.3. The number of hydrogen-bond donors (Lipinski definition) is 2. The molecule has 0 fully saturated rings. The molecule has 0 radical (unpaired) electrons. The zero-order valence-corrected chi connectivity index (χ0v) is 54.6. The van der Waals surface area contributed by atoms with Crippen molar-refractivity contribution in [3.63, 3.8) is 0 Å². The minimum absolute atomic E-state index is 0.156. The van der Waals surface area contributed by atoms with Gasteiger partial charge < -0.3 is 24.4 Å². The van der Waals surface area contributed by atoms with Crippen LogP contribution in [0.4, 0.5) is 0 Å². The molecule has 0 heterocycles. The average molecular weight is 1270 g/mol. The number of rotatable bonds is 7. The third-order valence-corrected chi connectivity index (χ3v) is 17.7. The minimum Gasteiger partial charge on any atom is -0.507 e. The smallest absolute Gasteiger partial charge is 0.308 e. The van der Waals surface area contributed by atoms with Gasteiger partial charge in [-0.05, 0) is 171 Å². The van der Waals surface area contributed by atoms with Crippen molar-refractivity contribution < 1.29 is 38.8 Å². The number of carbonyl (C=O) groups is 3. The van der Waals surface area contributed by atoms with Crippen LogP contribution >= 0.6 is 0 Å². The Morgan fingerprint density at radius 1 is 0.216 bits per heavy atom. The summed E-state index contributed by atoms with van der Waals surface area (Å²) in [7, 11) is 0. The summed E-state index contributed by atoms with van der Waals surface area (Å²) in [6.45, 7) is 10.6. The monoisotopic (exact) mass is 1260 g/mol. The van der Waals surface area contributed by atoms with Gasteiger partial charge in [0.15, 0.2) is 0 Å². The van der Waals surface area contributed by atoms with Crippen LogP contribution in [0.25, 0.3) is 131 Å². The minimum atomic E-state index is -0.411. The Morgan fingerprint density at radius 2 is 0.392 bits per heavy atom. The summed E-state index contributed by atoms with van der Waals surface area (Å²) >= 11 is 0. The summed E-state index contributed by atoms with van der Waals surface area (Å²) in [5.41, 5.74) is 11.5. The fraction of sp³-hybridized carbons (Fsp3) is 0.0674. The Kier molecular flexibility index (Phi) is 18.1. The van der Waals surface area contributed by atoms with Gasteiger partial charge >= 0.3 is 17.9 Å². The molecule has 0 saturated carbocycles. The molecular weight excluding hydrogens is 1200 g/mol. The molecule has 0 atom stereocenters. The Balaban J connectivity index is 0.000000117. The van der Waals surface area contributed by atoms with E-state index in [0.717, 1.165) is 81.7 Å². The summed E-state index contributed by atoms with van der Waals surface area (Å²) in [5.74, 6) is 0.569. The quantitative estimate of drug-likeness (QED) is 0.120. The van der Waals surface area contributed by atoms with E-state index in [2.05, 4.69) is 130 Å². The number of aromatic hydroxyl groups is 2. The number of carbonyl (C=O) groups excluding carboxylic acids is 3. The van der Waals surface area contributed by atoms with E-state index in [0.29, 0.717) is 28.6 Å².